The molecule has 0 amide bonds. The van der Waals surface area contributed by atoms with Gasteiger partial charge in [-0.1, -0.05) is 13.8 Å². The fourth-order valence-corrected chi connectivity index (χ4v) is 3.17. The van der Waals surface area contributed by atoms with Gasteiger partial charge in [0.1, 0.15) is 0 Å². The summed E-state index contributed by atoms with van der Waals surface area (Å²) in [5.74, 6) is 0.487. The smallest absolute Gasteiger partial charge is 0.193 e. The SMILES string of the molecule is CCOC(C(C)C)C(Cc1cn2ccsc2n1)NC. The van der Waals surface area contributed by atoms with Crippen LogP contribution in [-0.4, -0.2) is 35.2 Å². The van der Waals surface area contributed by atoms with Gasteiger partial charge in [-0.3, -0.25) is 4.40 Å². The molecule has 0 spiro atoms. The molecule has 2 aromatic rings. The van der Waals surface area contributed by atoms with Crippen LogP contribution in [0.4, 0.5) is 0 Å². The molecule has 0 saturated heterocycles. The van der Waals surface area contributed by atoms with Gasteiger partial charge in [-0.2, -0.15) is 0 Å². The quantitative estimate of drug-likeness (QED) is 0.848. The van der Waals surface area contributed by atoms with E-state index in [1.54, 1.807) is 11.3 Å². The van der Waals surface area contributed by atoms with Crippen molar-refractivity contribution in [3.05, 3.63) is 23.5 Å². The fourth-order valence-electron chi connectivity index (χ4n) is 2.45. The molecule has 0 saturated carbocycles. The third-order valence-corrected chi connectivity index (χ3v) is 4.13. The van der Waals surface area contributed by atoms with Crippen LogP contribution < -0.4 is 5.32 Å². The summed E-state index contributed by atoms with van der Waals surface area (Å²) in [4.78, 5) is 5.71. The number of fused-ring (bicyclic) bond motifs is 1. The highest BCUT2D eigenvalue weighted by molar-refractivity contribution is 7.15. The molecule has 4 nitrogen and oxygen atoms in total. The maximum atomic E-state index is 5.89. The maximum absolute atomic E-state index is 5.89. The Hall–Kier alpha value is -0.910. The number of ether oxygens (including phenoxy) is 1. The van der Waals surface area contributed by atoms with Gasteiger partial charge in [-0.25, -0.2) is 4.98 Å². The first-order valence-corrected chi connectivity index (χ1v) is 7.73. The number of hydrogen-bond donors (Lipinski definition) is 1. The number of aromatic nitrogens is 2. The molecule has 106 valence electrons. The van der Waals surface area contributed by atoms with Gasteiger partial charge in [0.05, 0.1) is 11.8 Å². The molecule has 0 radical (unpaired) electrons. The molecule has 0 aromatic carbocycles. The van der Waals surface area contributed by atoms with Crippen LogP contribution >= 0.6 is 11.3 Å². The number of thiazole rings is 1. The molecule has 0 aliphatic carbocycles. The van der Waals surface area contributed by atoms with E-state index in [0.29, 0.717) is 12.0 Å². The average molecular weight is 281 g/mol. The summed E-state index contributed by atoms with van der Waals surface area (Å²) >= 11 is 1.67. The highest BCUT2D eigenvalue weighted by Crippen LogP contribution is 2.17. The lowest BCUT2D eigenvalue weighted by Crippen LogP contribution is -2.44. The molecular formula is C14H23N3OS. The fraction of sp³-hybridized carbons (Fsp3) is 0.643. The van der Waals surface area contributed by atoms with E-state index < -0.39 is 0 Å². The van der Waals surface area contributed by atoms with Crippen LogP contribution in [0.25, 0.3) is 4.96 Å². The van der Waals surface area contributed by atoms with E-state index in [-0.39, 0.29) is 6.10 Å². The van der Waals surface area contributed by atoms with Gasteiger partial charge in [-0.15, -0.1) is 11.3 Å². The molecule has 1 N–H and O–H groups in total. The van der Waals surface area contributed by atoms with Crippen LogP contribution in [-0.2, 0) is 11.2 Å². The Balaban J connectivity index is 2.10. The zero-order chi connectivity index (χ0) is 13.8. The summed E-state index contributed by atoms with van der Waals surface area (Å²) in [6.07, 6.45) is 5.27. The topological polar surface area (TPSA) is 38.6 Å². The van der Waals surface area contributed by atoms with Gasteiger partial charge in [-0.05, 0) is 19.9 Å². The Morgan fingerprint density at radius 3 is 2.84 bits per heavy atom. The summed E-state index contributed by atoms with van der Waals surface area (Å²) in [5, 5.41) is 5.44. The molecule has 0 bridgehead atoms. The Labute approximate surface area is 118 Å². The third kappa shape index (κ3) is 3.35. The lowest BCUT2D eigenvalue weighted by atomic mass is 9.96. The molecule has 0 fully saturated rings. The summed E-state index contributed by atoms with van der Waals surface area (Å²) in [6, 6.07) is 0.296. The van der Waals surface area contributed by atoms with Gasteiger partial charge < -0.3 is 10.1 Å². The highest BCUT2D eigenvalue weighted by Gasteiger charge is 2.24. The zero-order valence-corrected chi connectivity index (χ0v) is 12.9. The first kappa shape index (κ1) is 14.5. The van der Waals surface area contributed by atoms with E-state index in [2.05, 4.69) is 47.0 Å². The van der Waals surface area contributed by atoms with Crippen LogP contribution in [0.2, 0.25) is 0 Å². The minimum absolute atomic E-state index is 0.217. The van der Waals surface area contributed by atoms with Gasteiger partial charge in [0.25, 0.3) is 0 Å². The summed E-state index contributed by atoms with van der Waals surface area (Å²) in [5.41, 5.74) is 1.12. The third-order valence-electron chi connectivity index (χ3n) is 3.36. The van der Waals surface area contributed by atoms with Gasteiger partial charge in [0.15, 0.2) is 4.96 Å². The van der Waals surface area contributed by atoms with E-state index in [4.69, 9.17) is 4.74 Å². The molecule has 0 aliphatic rings. The summed E-state index contributed by atoms with van der Waals surface area (Å²) in [7, 11) is 2.00. The lowest BCUT2D eigenvalue weighted by Gasteiger charge is -2.29. The lowest BCUT2D eigenvalue weighted by molar-refractivity contribution is 0.00517. The molecule has 2 rings (SSSR count). The predicted molar refractivity (Wildman–Crippen MR) is 79.9 cm³/mol. The van der Waals surface area contributed by atoms with Crippen molar-refractivity contribution in [1.82, 2.24) is 14.7 Å². The largest absolute Gasteiger partial charge is 0.377 e. The molecule has 2 aromatic heterocycles. The maximum Gasteiger partial charge on any atom is 0.193 e. The van der Waals surface area contributed by atoms with Crippen molar-refractivity contribution in [2.45, 2.75) is 39.3 Å². The second-order valence-electron chi connectivity index (χ2n) is 5.09. The Morgan fingerprint density at radius 2 is 2.26 bits per heavy atom. The molecule has 2 unspecified atom stereocenters. The van der Waals surface area contributed by atoms with Crippen molar-refractivity contribution in [2.75, 3.05) is 13.7 Å². The van der Waals surface area contributed by atoms with Crippen molar-refractivity contribution >= 4 is 16.3 Å². The average Bonchev–Trinajstić information content (AvgIpc) is 2.93. The molecular weight excluding hydrogens is 258 g/mol. The van der Waals surface area contributed by atoms with Crippen LogP contribution in [0, 0.1) is 5.92 Å². The van der Waals surface area contributed by atoms with E-state index in [1.165, 1.54) is 0 Å². The van der Waals surface area contributed by atoms with Gasteiger partial charge in [0, 0.05) is 36.8 Å². The normalized spacial score (nSPS) is 15.2. The van der Waals surface area contributed by atoms with Crippen molar-refractivity contribution in [3.63, 3.8) is 0 Å². The van der Waals surface area contributed by atoms with Crippen molar-refractivity contribution in [1.29, 1.82) is 0 Å². The number of rotatable bonds is 7. The standard InChI is InChI=1S/C14H23N3OS/c1-5-18-13(10(2)3)12(15-4)8-11-9-17-6-7-19-14(17)16-11/h6-7,9-10,12-13,15H,5,8H2,1-4H3. The number of nitrogens with zero attached hydrogens (tertiary/aromatic N) is 2. The minimum Gasteiger partial charge on any atom is -0.377 e. The van der Waals surface area contributed by atoms with Gasteiger partial charge in [0.2, 0.25) is 0 Å². The van der Waals surface area contributed by atoms with E-state index in [0.717, 1.165) is 23.7 Å². The summed E-state index contributed by atoms with van der Waals surface area (Å²) in [6.45, 7) is 7.21. The number of likely N-dealkylation sites (N-methyl/N-ethyl adjacent to an activating group) is 1. The number of imidazole rings is 1. The second-order valence-corrected chi connectivity index (χ2v) is 5.96. The molecule has 2 heterocycles. The monoisotopic (exact) mass is 281 g/mol. The van der Waals surface area contributed by atoms with Crippen LogP contribution in [0.5, 0.6) is 0 Å². The minimum atomic E-state index is 0.217. The van der Waals surface area contributed by atoms with E-state index in [9.17, 15) is 0 Å². The molecule has 2 atom stereocenters. The Kier molecular flexibility index (Phi) is 4.96. The van der Waals surface area contributed by atoms with E-state index in [1.807, 2.05) is 13.2 Å². The van der Waals surface area contributed by atoms with Crippen molar-refractivity contribution in [3.8, 4) is 0 Å². The first-order chi connectivity index (χ1) is 9.15. The Bertz CT molecular complexity index is 477. The predicted octanol–water partition coefficient (Wildman–Crippen LogP) is 2.59. The van der Waals surface area contributed by atoms with Crippen molar-refractivity contribution < 1.29 is 4.74 Å². The number of hydrogen-bond acceptors (Lipinski definition) is 4. The first-order valence-electron chi connectivity index (χ1n) is 6.85. The number of nitrogens with one attached hydrogen (secondary N) is 1. The highest BCUT2D eigenvalue weighted by atomic mass is 32.1. The van der Waals surface area contributed by atoms with Crippen LogP contribution in [0.15, 0.2) is 17.8 Å². The molecule has 5 heteroatoms. The molecule has 19 heavy (non-hydrogen) atoms. The van der Waals surface area contributed by atoms with E-state index >= 15 is 0 Å². The van der Waals surface area contributed by atoms with Gasteiger partial charge >= 0.3 is 0 Å². The summed E-state index contributed by atoms with van der Waals surface area (Å²) < 4.78 is 7.97. The van der Waals surface area contributed by atoms with Crippen molar-refractivity contribution in [2.24, 2.45) is 5.92 Å². The van der Waals surface area contributed by atoms with Crippen LogP contribution in [0.3, 0.4) is 0 Å². The van der Waals surface area contributed by atoms with Crippen LogP contribution in [0.1, 0.15) is 26.5 Å². The molecule has 0 aliphatic heterocycles. The Morgan fingerprint density at radius 1 is 1.47 bits per heavy atom. The second kappa shape index (κ2) is 6.50. The zero-order valence-electron chi connectivity index (χ0n) is 12.1.